The molecule has 0 bridgehead atoms. The van der Waals surface area contributed by atoms with Gasteiger partial charge in [-0.05, 0) is 49.9 Å². The Morgan fingerprint density at radius 3 is 2.61 bits per heavy atom. The minimum absolute atomic E-state index is 0.0794. The molecule has 0 saturated heterocycles. The van der Waals surface area contributed by atoms with Crippen LogP contribution in [0.1, 0.15) is 49.7 Å². The number of benzene rings is 1. The molecule has 0 unspecified atom stereocenters. The van der Waals surface area contributed by atoms with E-state index in [9.17, 15) is 9.59 Å². The van der Waals surface area contributed by atoms with Gasteiger partial charge in [-0.25, -0.2) is 4.79 Å². The lowest BCUT2D eigenvalue weighted by Crippen LogP contribution is -2.09. The number of nitrogens with zero attached hydrogens (tertiary/aromatic N) is 3. The van der Waals surface area contributed by atoms with E-state index in [2.05, 4.69) is 21.2 Å². The largest absolute Gasteiger partial charge is 0.461 e. The number of carbonyl (C=O) groups is 2. The van der Waals surface area contributed by atoms with Crippen LogP contribution in [-0.4, -0.2) is 43.9 Å². The molecule has 7 nitrogen and oxygen atoms in total. The van der Waals surface area contributed by atoms with E-state index in [0.717, 1.165) is 11.5 Å². The molecule has 0 amide bonds. The topological polar surface area (TPSA) is 89.9 Å². The summed E-state index contributed by atoms with van der Waals surface area (Å²) in [5, 5.41) is 11.5. The first-order valence-corrected chi connectivity index (χ1v) is 12.4. The molecule has 0 aliphatic carbocycles. The van der Waals surface area contributed by atoms with Crippen LogP contribution in [0.15, 0.2) is 53.0 Å². The summed E-state index contributed by atoms with van der Waals surface area (Å²) >= 11 is 3.01. The number of thioether (sulfide) groups is 1. The molecule has 0 spiro atoms. The summed E-state index contributed by atoms with van der Waals surface area (Å²) in [4.78, 5) is 29.5. The van der Waals surface area contributed by atoms with Crippen molar-refractivity contribution >= 4 is 34.9 Å². The van der Waals surface area contributed by atoms with Crippen molar-refractivity contribution in [2.75, 3.05) is 12.4 Å². The maximum Gasteiger partial charge on any atom is 0.355 e. The van der Waals surface area contributed by atoms with Crippen molar-refractivity contribution in [3.8, 4) is 5.69 Å². The number of hydrogen-bond acceptors (Lipinski definition) is 7. The Morgan fingerprint density at radius 2 is 1.91 bits per heavy atom. The molecule has 0 fully saturated rings. The number of para-hydroxylation sites is 1. The fraction of sp³-hybridized carbons (Fsp3) is 0.250. The number of carbonyl (C=O) groups excluding carboxylic acids is 2. The molecule has 0 saturated carbocycles. The lowest BCUT2D eigenvalue weighted by Gasteiger charge is -2.10. The third-order valence-electron chi connectivity index (χ3n) is 5.16. The maximum atomic E-state index is 13.1. The van der Waals surface area contributed by atoms with Crippen LogP contribution in [0.5, 0.6) is 0 Å². The predicted molar refractivity (Wildman–Crippen MR) is 130 cm³/mol. The number of ether oxygens (including phenoxy) is 1. The number of Topliss-reactive ketones (excluding diaryl/α,β-unsaturated/α-hetero) is 1. The number of hydrogen-bond donors (Lipinski definition) is 1. The monoisotopic (exact) mass is 480 g/mol. The molecule has 4 rings (SSSR count). The third-order valence-corrected chi connectivity index (χ3v) is 6.96. The molecule has 3 heterocycles. The van der Waals surface area contributed by atoms with E-state index in [4.69, 9.17) is 4.74 Å². The summed E-state index contributed by atoms with van der Waals surface area (Å²) in [6.07, 6.45) is 0.660. The van der Waals surface area contributed by atoms with Gasteiger partial charge in [-0.15, -0.1) is 21.5 Å². The van der Waals surface area contributed by atoms with Crippen molar-refractivity contribution in [2.24, 2.45) is 0 Å². The Kier molecular flexibility index (Phi) is 7.10. The number of nitrogens with one attached hydrogen (secondary N) is 1. The molecule has 9 heteroatoms. The van der Waals surface area contributed by atoms with Gasteiger partial charge in [-0.2, -0.15) is 0 Å². The molecule has 1 N–H and O–H groups in total. The molecule has 0 atom stereocenters. The first-order chi connectivity index (χ1) is 16.0. The summed E-state index contributed by atoms with van der Waals surface area (Å²) in [6, 6.07) is 14.0. The van der Waals surface area contributed by atoms with E-state index in [1.54, 1.807) is 32.1 Å². The van der Waals surface area contributed by atoms with Gasteiger partial charge >= 0.3 is 5.97 Å². The average Bonchev–Trinajstić information content (AvgIpc) is 3.53. The van der Waals surface area contributed by atoms with Gasteiger partial charge in [0.25, 0.3) is 0 Å². The van der Waals surface area contributed by atoms with Crippen LogP contribution >= 0.6 is 23.1 Å². The lowest BCUT2D eigenvalue weighted by molar-refractivity contribution is 0.0519. The Morgan fingerprint density at radius 1 is 1.12 bits per heavy atom. The highest BCUT2D eigenvalue weighted by Gasteiger charge is 2.24. The van der Waals surface area contributed by atoms with E-state index >= 15 is 0 Å². The molecule has 0 aliphatic rings. The van der Waals surface area contributed by atoms with Gasteiger partial charge in [0.1, 0.15) is 11.5 Å². The molecule has 0 aliphatic heterocycles. The highest BCUT2D eigenvalue weighted by Crippen LogP contribution is 2.27. The van der Waals surface area contributed by atoms with E-state index in [1.807, 2.05) is 46.3 Å². The Labute approximate surface area is 200 Å². The zero-order valence-electron chi connectivity index (χ0n) is 18.6. The van der Waals surface area contributed by atoms with Crippen LogP contribution < -0.4 is 0 Å². The summed E-state index contributed by atoms with van der Waals surface area (Å²) in [5.41, 5.74) is 3.06. The molecule has 4 aromatic rings. The molecular formula is C24H24N4O3S2. The highest BCUT2D eigenvalue weighted by atomic mass is 32.2. The minimum atomic E-state index is -0.452. The molecular weight excluding hydrogens is 456 g/mol. The fourth-order valence-electron chi connectivity index (χ4n) is 3.69. The van der Waals surface area contributed by atoms with Gasteiger partial charge in [0.2, 0.25) is 0 Å². The van der Waals surface area contributed by atoms with Crippen LogP contribution in [0, 0.1) is 13.8 Å². The normalized spacial score (nSPS) is 11.0. The van der Waals surface area contributed by atoms with E-state index in [0.29, 0.717) is 34.1 Å². The Bertz CT molecular complexity index is 1260. The van der Waals surface area contributed by atoms with Crippen molar-refractivity contribution in [1.29, 1.82) is 0 Å². The first-order valence-electron chi connectivity index (χ1n) is 10.5. The second-order valence-electron chi connectivity index (χ2n) is 7.38. The van der Waals surface area contributed by atoms with Gasteiger partial charge in [0.05, 0.1) is 12.4 Å². The van der Waals surface area contributed by atoms with Gasteiger partial charge in [0.15, 0.2) is 10.9 Å². The summed E-state index contributed by atoms with van der Waals surface area (Å²) in [7, 11) is 0. The summed E-state index contributed by atoms with van der Waals surface area (Å²) in [5.74, 6) is 0.458. The van der Waals surface area contributed by atoms with Crippen LogP contribution in [0.4, 0.5) is 0 Å². The quantitative estimate of drug-likeness (QED) is 0.206. The van der Waals surface area contributed by atoms with Crippen LogP contribution in [0.2, 0.25) is 0 Å². The number of thiophene rings is 1. The van der Waals surface area contributed by atoms with Crippen LogP contribution in [0.3, 0.4) is 0 Å². The van der Waals surface area contributed by atoms with Crippen molar-refractivity contribution in [3.63, 3.8) is 0 Å². The Hall–Kier alpha value is -3.17. The number of rotatable bonds is 9. The smallest absolute Gasteiger partial charge is 0.355 e. The minimum Gasteiger partial charge on any atom is -0.461 e. The third kappa shape index (κ3) is 4.94. The van der Waals surface area contributed by atoms with Crippen molar-refractivity contribution in [1.82, 2.24) is 19.7 Å². The van der Waals surface area contributed by atoms with Gasteiger partial charge in [-0.3, -0.25) is 9.36 Å². The number of aromatic amines is 1. The zero-order valence-corrected chi connectivity index (χ0v) is 20.3. The maximum absolute atomic E-state index is 13.1. The predicted octanol–water partition coefficient (Wildman–Crippen LogP) is 5.02. The molecule has 0 radical (unpaired) electrons. The SMILES string of the molecule is CCOC(=O)c1[nH]c(C)c(C(=O)CSc2nnc(Cc3cccs3)n2-c2ccccc2)c1C. The van der Waals surface area contributed by atoms with E-state index in [-0.39, 0.29) is 18.1 Å². The van der Waals surface area contributed by atoms with Crippen molar-refractivity contribution in [3.05, 3.63) is 81.1 Å². The molecule has 1 aromatic carbocycles. The fourth-order valence-corrected chi connectivity index (χ4v) is 5.24. The van der Waals surface area contributed by atoms with Gasteiger partial charge < -0.3 is 9.72 Å². The lowest BCUT2D eigenvalue weighted by atomic mass is 10.1. The number of ketones is 1. The first kappa shape index (κ1) is 23.0. The zero-order chi connectivity index (χ0) is 23.4. The van der Waals surface area contributed by atoms with Gasteiger partial charge in [0, 0.05) is 28.2 Å². The van der Waals surface area contributed by atoms with Crippen molar-refractivity contribution < 1.29 is 14.3 Å². The molecule has 33 heavy (non-hydrogen) atoms. The molecule has 3 aromatic heterocycles. The van der Waals surface area contributed by atoms with Crippen LogP contribution in [0.25, 0.3) is 5.69 Å². The summed E-state index contributed by atoms with van der Waals surface area (Å²) in [6.45, 7) is 5.58. The second-order valence-corrected chi connectivity index (χ2v) is 9.36. The second kappa shape index (κ2) is 10.2. The number of H-pyrrole nitrogens is 1. The number of aryl methyl sites for hydroxylation is 1. The number of esters is 1. The average molecular weight is 481 g/mol. The summed E-state index contributed by atoms with van der Waals surface area (Å²) < 4.78 is 7.09. The van der Waals surface area contributed by atoms with Crippen molar-refractivity contribution in [2.45, 2.75) is 32.3 Å². The number of aromatic nitrogens is 4. The highest BCUT2D eigenvalue weighted by molar-refractivity contribution is 7.99. The standard InChI is InChI=1S/C24H24N4O3S2/c1-4-31-23(30)22-15(2)21(16(3)25-22)19(29)14-33-24-27-26-20(13-18-11-8-12-32-18)28(24)17-9-6-5-7-10-17/h5-12,25H,4,13-14H2,1-3H3. The van der Waals surface area contributed by atoms with Gasteiger partial charge in [-0.1, -0.05) is 36.0 Å². The van der Waals surface area contributed by atoms with E-state index < -0.39 is 5.97 Å². The van der Waals surface area contributed by atoms with Crippen LogP contribution in [-0.2, 0) is 11.2 Å². The molecule has 170 valence electrons. The van der Waals surface area contributed by atoms with E-state index in [1.165, 1.54) is 16.6 Å². The Balaban J connectivity index is 1.58.